The van der Waals surface area contributed by atoms with Crippen LogP contribution >= 0.6 is 0 Å². The Hall–Kier alpha value is -2.65. The zero-order chi connectivity index (χ0) is 20.0. The minimum absolute atomic E-state index is 0.0916. The van der Waals surface area contributed by atoms with Gasteiger partial charge in [-0.15, -0.1) is 0 Å². The zero-order valence-electron chi connectivity index (χ0n) is 15.2. The minimum Gasteiger partial charge on any atom is -0.468 e. The number of hydrogen-bond acceptors (Lipinski definition) is 6. The van der Waals surface area contributed by atoms with Crippen molar-refractivity contribution in [2.75, 3.05) is 19.7 Å². The van der Waals surface area contributed by atoms with E-state index in [1.54, 1.807) is 24.3 Å². The van der Waals surface area contributed by atoms with E-state index in [1.165, 1.54) is 24.5 Å². The van der Waals surface area contributed by atoms with Crippen molar-refractivity contribution in [2.24, 2.45) is 0 Å². The molecule has 1 aromatic heterocycles. The molecule has 1 fully saturated rings. The lowest BCUT2D eigenvalue weighted by Gasteiger charge is -2.17. The number of sulfone groups is 1. The van der Waals surface area contributed by atoms with Crippen LogP contribution in [0.25, 0.3) is 0 Å². The molecule has 1 aliphatic heterocycles. The number of nitrogens with one attached hydrogen (secondary N) is 2. The van der Waals surface area contributed by atoms with E-state index in [2.05, 4.69) is 10.6 Å². The lowest BCUT2D eigenvalue weighted by molar-refractivity contribution is -0.139. The van der Waals surface area contributed by atoms with Crippen LogP contribution < -0.4 is 10.6 Å². The molecule has 2 N–H and O–H groups in total. The molecule has 1 aliphatic rings. The molecule has 0 bridgehead atoms. The number of carbonyl (C=O) groups excluding carboxylic acids is 2. The smallest absolute Gasteiger partial charge is 0.309 e. The van der Waals surface area contributed by atoms with Crippen LogP contribution in [0.15, 0.2) is 58.0 Å². The number of benzene rings is 1. The van der Waals surface area contributed by atoms with Crippen LogP contribution in [0.2, 0.25) is 0 Å². The summed E-state index contributed by atoms with van der Waals surface area (Å²) in [6, 6.07) is 11.0. The first kappa shape index (κ1) is 20.1. The first-order chi connectivity index (χ1) is 13.5. The number of hydrogen-bond donors (Lipinski definition) is 2. The Balaban J connectivity index is 1.65. The summed E-state index contributed by atoms with van der Waals surface area (Å²) in [7, 11) is -3.83. The number of furan rings is 1. The van der Waals surface area contributed by atoms with Gasteiger partial charge in [0, 0.05) is 19.7 Å². The summed E-state index contributed by atoms with van der Waals surface area (Å²) in [6.45, 7) is 0.599. The van der Waals surface area contributed by atoms with Crippen molar-refractivity contribution < 1.29 is 27.2 Å². The molecule has 2 heterocycles. The van der Waals surface area contributed by atoms with E-state index in [1.807, 2.05) is 0 Å². The summed E-state index contributed by atoms with van der Waals surface area (Å²) in [5.41, 5.74) is 0. The van der Waals surface area contributed by atoms with Crippen molar-refractivity contribution in [3.05, 3.63) is 54.5 Å². The molecule has 150 valence electrons. The van der Waals surface area contributed by atoms with Gasteiger partial charge in [-0.25, -0.2) is 8.42 Å². The Morgan fingerprint density at radius 1 is 1.07 bits per heavy atom. The van der Waals surface area contributed by atoms with Gasteiger partial charge in [0.25, 0.3) is 0 Å². The maximum atomic E-state index is 13.0. The van der Waals surface area contributed by atoms with Gasteiger partial charge in [-0.1, -0.05) is 18.2 Å². The second kappa shape index (κ2) is 9.03. The van der Waals surface area contributed by atoms with Gasteiger partial charge in [-0.2, -0.15) is 0 Å². The van der Waals surface area contributed by atoms with Gasteiger partial charge in [-0.3, -0.25) is 9.59 Å². The second-order valence-electron chi connectivity index (χ2n) is 6.42. The lowest BCUT2D eigenvalue weighted by atomic mass is 10.2. The highest BCUT2D eigenvalue weighted by Gasteiger charge is 2.32. The fraction of sp³-hybridized carbons (Fsp3) is 0.368. The third-order valence-corrected chi connectivity index (χ3v) is 6.55. The van der Waals surface area contributed by atoms with Crippen LogP contribution in [0, 0.1) is 0 Å². The van der Waals surface area contributed by atoms with Crippen molar-refractivity contribution in [1.82, 2.24) is 10.6 Å². The van der Waals surface area contributed by atoms with Crippen LogP contribution in [0.5, 0.6) is 0 Å². The van der Waals surface area contributed by atoms with E-state index in [-0.39, 0.29) is 29.8 Å². The predicted octanol–water partition coefficient (Wildman–Crippen LogP) is 1.21. The third-order valence-electron chi connectivity index (χ3n) is 4.48. The van der Waals surface area contributed by atoms with Crippen molar-refractivity contribution in [2.45, 2.75) is 29.1 Å². The van der Waals surface area contributed by atoms with Crippen molar-refractivity contribution in [3.8, 4) is 0 Å². The van der Waals surface area contributed by atoms with Gasteiger partial charge in [0.1, 0.15) is 11.0 Å². The summed E-state index contributed by atoms with van der Waals surface area (Å²) in [5, 5.41) is 3.74. The average Bonchev–Trinajstić information content (AvgIpc) is 3.41. The quantitative estimate of drug-likeness (QED) is 0.668. The topological polar surface area (TPSA) is 115 Å². The molecule has 3 rings (SSSR count). The molecule has 0 saturated carbocycles. The molecule has 0 aliphatic carbocycles. The Morgan fingerprint density at radius 2 is 1.82 bits per heavy atom. The van der Waals surface area contributed by atoms with Gasteiger partial charge in [0.05, 0.1) is 17.3 Å². The maximum absolute atomic E-state index is 13.0. The Kier molecular flexibility index (Phi) is 6.48. The number of amides is 2. The standard InChI is InChI=1S/C19H22N2O6S/c22-18(20-12-14-6-4-10-26-14)19(23)21-13-17(16-9-5-11-27-16)28(24,25)15-7-2-1-3-8-15/h1-3,5,7-9,11,14,17H,4,6,10,12-13H2,(H,20,22)(H,21,23)/t14-,17+/m0/s1. The fourth-order valence-electron chi connectivity index (χ4n) is 2.97. The SMILES string of the molecule is O=C(NC[C@@H]1CCCO1)C(=O)NC[C@H](c1ccco1)S(=O)(=O)c1ccccc1. The normalized spacial score (nSPS) is 17.8. The second-order valence-corrected chi connectivity index (χ2v) is 8.55. The summed E-state index contributed by atoms with van der Waals surface area (Å²) in [5.74, 6) is -1.55. The van der Waals surface area contributed by atoms with E-state index >= 15 is 0 Å². The summed E-state index contributed by atoms with van der Waals surface area (Å²) >= 11 is 0. The molecule has 2 amide bonds. The van der Waals surface area contributed by atoms with Gasteiger partial charge in [-0.05, 0) is 37.1 Å². The van der Waals surface area contributed by atoms with E-state index in [9.17, 15) is 18.0 Å². The first-order valence-corrected chi connectivity index (χ1v) is 10.5. The molecule has 28 heavy (non-hydrogen) atoms. The van der Waals surface area contributed by atoms with E-state index < -0.39 is 26.9 Å². The van der Waals surface area contributed by atoms with Crippen LogP contribution in [0.4, 0.5) is 0 Å². The molecule has 0 radical (unpaired) electrons. The molecule has 8 nitrogen and oxygen atoms in total. The van der Waals surface area contributed by atoms with Gasteiger partial charge >= 0.3 is 11.8 Å². The van der Waals surface area contributed by atoms with E-state index in [0.717, 1.165) is 12.8 Å². The van der Waals surface area contributed by atoms with Crippen molar-refractivity contribution >= 4 is 21.7 Å². The van der Waals surface area contributed by atoms with Crippen molar-refractivity contribution in [1.29, 1.82) is 0 Å². The fourth-order valence-corrected chi connectivity index (χ4v) is 4.58. The van der Waals surface area contributed by atoms with Gasteiger partial charge < -0.3 is 19.8 Å². The summed E-state index contributed by atoms with van der Waals surface area (Å²) < 4.78 is 36.6. The summed E-state index contributed by atoms with van der Waals surface area (Å²) in [6.07, 6.45) is 3.03. The minimum atomic E-state index is -3.83. The van der Waals surface area contributed by atoms with E-state index in [0.29, 0.717) is 6.61 Å². The van der Waals surface area contributed by atoms with Gasteiger partial charge in [0.15, 0.2) is 9.84 Å². The Bertz CT molecular complexity index is 890. The molecule has 0 spiro atoms. The molecular formula is C19H22N2O6S. The first-order valence-electron chi connectivity index (χ1n) is 8.98. The molecule has 1 aromatic carbocycles. The lowest BCUT2D eigenvalue weighted by Crippen LogP contribution is -2.44. The molecular weight excluding hydrogens is 384 g/mol. The summed E-state index contributed by atoms with van der Waals surface area (Å²) in [4.78, 5) is 24.2. The molecule has 2 atom stereocenters. The van der Waals surface area contributed by atoms with E-state index in [4.69, 9.17) is 9.15 Å². The van der Waals surface area contributed by atoms with Crippen LogP contribution in [0.1, 0.15) is 23.9 Å². The molecule has 1 saturated heterocycles. The number of ether oxygens (including phenoxy) is 1. The Morgan fingerprint density at radius 3 is 2.46 bits per heavy atom. The largest absolute Gasteiger partial charge is 0.468 e. The number of carbonyl (C=O) groups is 2. The average molecular weight is 406 g/mol. The van der Waals surface area contributed by atoms with Gasteiger partial charge in [0.2, 0.25) is 0 Å². The van der Waals surface area contributed by atoms with Crippen LogP contribution in [0.3, 0.4) is 0 Å². The molecule has 2 aromatic rings. The zero-order valence-corrected chi connectivity index (χ0v) is 16.0. The monoisotopic (exact) mass is 406 g/mol. The molecule has 0 unspecified atom stereocenters. The van der Waals surface area contributed by atoms with Crippen molar-refractivity contribution in [3.63, 3.8) is 0 Å². The maximum Gasteiger partial charge on any atom is 0.309 e. The van der Waals surface area contributed by atoms with Crippen LogP contribution in [-0.4, -0.2) is 46.0 Å². The Labute approximate surface area is 163 Å². The predicted molar refractivity (Wildman–Crippen MR) is 100 cm³/mol. The molecule has 9 heteroatoms. The highest BCUT2D eigenvalue weighted by molar-refractivity contribution is 7.91. The highest BCUT2D eigenvalue weighted by Crippen LogP contribution is 2.28. The third kappa shape index (κ3) is 4.79. The van der Waals surface area contributed by atoms with Crippen LogP contribution in [-0.2, 0) is 24.2 Å². The number of rotatable bonds is 7. The highest BCUT2D eigenvalue weighted by atomic mass is 32.2.